The van der Waals surface area contributed by atoms with Gasteiger partial charge in [0, 0.05) is 38.7 Å². The number of aromatic nitrogens is 3. The summed E-state index contributed by atoms with van der Waals surface area (Å²) >= 11 is 0. The van der Waals surface area contributed by atoms with E-state index in [1.54, 1.807) is 0 Å². The van der Waals surface area contributed by atoms with E-state index in [0.29, 0.717) is 5.82 Å². The fourth-order valence-corrected chi connectivity index (χ4v) is 7.58. The highest BCUT2D eigenvalue weighted by Gasteiger charge is 2.22. The van der Waals surface area contributed by atoms with E-state index in [0.717, 1.165) is 44.8 Å². The van der Waals surface area contributed by atoms with E-state index >= 15 is 0 Å². The van der Waals surface area contributed by atoms with Crippen LogP contribution in [0.15, 0.2) is 176 Å². The van der Waals surface area contributed by atoms with Gasteiger partial charge >= 0.3 is 0 Å². The zero-order valence-corrected chi connectivity index (χ0v) is 26.6. The number of hydrogen-bond donors (Lipinski definition) is 0. The quantitative estimate of drug-likeness (QED) is 0.183. The van der Waals surface area contributed by atoms with Crippen molar-refractivity contribution in [3.63, 3.8) is 0 Å². The van der Waals surface area contributed by atoms with Crippen molar-refractivity contribution in [1.82, 2.24) is 14.5 Å². The molecule has 0 atom stereocenters. The lowest BCUT2D eigenvalue weighted by Crippen LogP contribution is -2.03. The van der Waals surface area contributed by atoms with Crippen molar-refractivity contribution in [3.8, 4) is 39.6 Å². The van der Waals surface area contributed by atoms with Crippen LogP contribution in [-0.2, 0) is 0 Å². The predicted octanol–water partition coefficient (Wildman–Crippen LogP) is 12.0. The Balaban J connectivity index is 1.35. The lowest BCUT2D eigenvalue weighted by Gasteiger charge is -2.15. The molecule has 0 N–H and O–H groups in total. The molecule has 0 aliphatic heterocycles. The van der Waals surface area contributed by atoms with Crippen LogP contribution in [0.4, 0.5) is 0 Å². The maximum Gasteiger partial charge on any atom is 0.162 e. The molecule has 0 radical (unpaired) electrons. The summed E-state index contributed by atoms with van der Waals surface area (Å²) in [5.74, 6) is 1.53. The first-order valence-electron chi connectivity index (χ1n) is 16.7. The maximum absolute atomic E-state index is 5.41. The molecule has 0 amide bonds. The van der Waals surface area contributed by atoms with Gasteiger partial charge in [0.05, 0.1) is 16.7 Å². The van der Waals surface area contributed by atoms with Crippen LogP contribution in [0.25, 0.3) is 93.7 Å². The number of fused-ring (bicyclic) bond motifs is 10. The van der Waals surface area contributed by atoms with E-state index < -0.39 is 0 Å². The second kappa shape index (κ2) is 11.0. The van der Waals surface area contributed by atoms with Crippen LogP contribution < -0.4 is 0 Å². The second-order valence-corrected chi connectivity index (χ2v) is 12.6. The summed E-state index contributed by atoms with van der Waals surface area (Å²) in [6, 6.07) is 62.4. The van der Waals surface area contributed by atoms with Crippen LogP contribution in [0, 0.1) is 0 Å². The van der Waals surface area contributed by atoms with E-state index in [2.05, 4.69) is 168 Å². The number of rotatable bonds is 4. The molecule has 0 spiro atoms. The molecule has 10 rings (SSSR count). The molecule has 0 saturated heterocycles. The maximum atomic E-state index is 5.41. The summed E-state index contributed by atoms with van der Waals surface area (Å²) in [6.45, 7) is 0. The van der Waals surface area contributed by atoms with Gasteiger partial charge < -0.3 is 0 Å². The van der Waals surface area contributed by atoms with Crippen molar-refractivity contribution in [2.45, 2.75) is 0 Å². The smallest absolute Gasteiger partial charge is 0.162 e. The summed E-state index contributed by atoms with van der Waals surface area (Å²) in [4.78, 5) is 10.6. The topological polar surface area (TPSA) is 30.7 Å². The van der Waals surface area contributed by atoms with Crippen molar-refractivity contribution in [2.75, 3.05) is 0 Å². The third-order valence-corrected chi connectivity index (χ3v) is 9.77. The number of para-hydroxylation sites is 1. The molecule has 0 saturated carbocycles. The first-order chi connectivity index (χ1) is 24.3. The molecule has 3 heteroatoms. The van der Waals surface area contributed by atoms with Gasteiger partial charge in [-0.2, -0.15) is 0 Å². The SMILES string of the molecule is c1ccc(-c2cccc(-c3nc(-c4ccccc4)cc(-n4c5ccccc5c5c6c7ccccc7ccc6c6ccccc6c54)n3)c2)cc1. The van der Waals surface area contributed by atoms with Crippen LogP contribution in [0.2, 0.25) is 0 Å². The van der Waals surface area contributed by atoms with Crippen LogP contribution in [0.1, 0.15) is 0 Å². The van der Waals surface area contributed by atoms with E-state index in [9.17, 15) is 0 Å². The summed E-state index contributed by atoms with van der Waals surface area (Å²) in [5, 5.41) is 9.90. The monoisotopic (exact) mass is 623 g/mol. The van der Waals surface area contributed by atoms with Gasteiger partial charge in [-0.05, 0) is 44.8 Å². The van der Waals surface area contributed by atoms with E-state index in [1.165, 1.54) is 43.1 Å². The molecule has 0 aliphatic carbocycles. The lowest BCUT2D eigenvalue weighted by atomic mass is 9.93. The fraction of sp³-hybridized carbons (Fsp3) is 0. The Hall–Kier alpha value is -6.58. The minimum absolute atomic E-state index is 0.690. The molecule has 228 valence electrons. The first kappa shape index (κ1) is 27.5. The molecule has 0 bridgehead atoms. The van der Waals surface area contributed by atoms with E-state index in [-0.39, 0.29) is 0 Å². The standard InChI is InChI=1S/C46H29N3/c1-3-14-30(15-4-1)33-19-13-20-34(28-33)46-47-40(32-17-5-2-6-18-32)29-42(48-46)49-41-25-12-11-24-39(41)44-43-35-21-8-7-16-31(35)26-27-37(43)36-22-9-10-23-38(36)45(44)49/h1-29H. The van der Waals surface area contributed by atoms with Gasteiger partial charge in [-0.25, -0.2) is 9.97 Å². The van der Waals surface area contributed by atoms with Gasteiger partial charge in [-0.15, -0.1) is 0 Å². The second-order valence-electron chi connectivity index (χ2n) is 12.6. The summed E-state index contributed by atoms with van der Waals surface area (Å²) in [7, 11) is 0. The number of nitrogens with zero attached hydrogens (tertiary/aromatic N) is 3. The van der Waals surface area contributed by atoms with Gasteiger partial charge in [-0.3, -0.25) is 4.57 Å². The highest BCUT2D eigenvalue weighted by Crippen LogP contribution is 2.44. The number of benzene rings is 8. The predicted molar refractivity (Wildman–Crippen MR) is 205 cm³/mol. The third-order valence-electron chi connectivity index (χ3n) is 9.77. The van der Waals surface area contributed by atoms with Crippen LogP contribution in [0.3, 0.4) is 0 Å². The van der Waals surface area contributed by atoms with Gasteiger partial charge in [0.2, 0.25) is 0 Å². The summed E-state index contributed by atoms with van der Waals surface area (Å²) in [6.07, 6.45) is 0. The van der Waals surface area contributed by atoms with Crippen molar-refractivity contribution < 1.29 is 0 Å². The van der Waals surface area contributed by atoms with Crippen LogP contribution >= 0.6 is 0 Å². The molecule has 3 nitrogen and oxygen atoms in total. The van der Waals surface area contributed by atoms with E-state index in [1.807, 2.05) is 12.1 Å². The Morgan fingerprint density at radius 1 is 0.367 bits per heavy atom. The first-order valence-corrected chi connectivity index (χ1v) is 16.7. The fourth-order valence-electron chi connectivity index (χ4n) is 7.58. The van der Waals surface area contributed by atoms with Gasteiger partial charge in [-0.1, -0.05) is 158 Å². The Kier molecular flexibility index (Phi) is 6.18. The van der Waals surface area contributed by atoms with Crippen molar-refractivity contribution in [1.29, 1.82) is 0 Å². The molecule has 10 aromatic rings. The van der Waals surface area contributed by atoms with Crippen molar-refractivity contribution in [3.05, 3.63) is 176 Å². The molecule has 49 heavy (non-hydrogen) atoms. The third kappa shape index (κ3) is 4.37. The van der Waals surface area contributed by atoms with Crippen LogP contribution in [0.5, 0.6) is 0 Å². The normalized spacial score (nSPS) is 11.7. The molecule has 2 aromatic heterocycles. The largest absolute Gasteiger partial charge is 0.293 e. The zero-order chi connectivity index (χ0) is 32.3. The molecule has 0 aliphatic rings. The lowest BCUT2D eigenvalue weighted by molar-refractivity contribution is 1.05. The van der Waals surface area contributed by atoms with Crippen LogP contribution in [-0.4, -0.2) is 14.5 Å². The average Bonchev–Trinajstić information content (AvgIpc) is 3.54. The molecular weight excluding hydrogens is 595 g/mol. The summed E-state index contributed by atoms with van der Waals surface area (Å²) in [5.41, 5.74) is 7.47. The highest BCUT2D eigenvalue weighted by molar-refractivity contribution is 6.36. The Bertz CT molecular complexity index is 2870. The highest BCUT2D eigenvalue weighted by atomic mass is 15.1. The van der Waals surface area contributed by atoms with Gasteiger partial charge in [0.25, 0.3) is 0 Å². The molecule has 2 heterocycles. The Morgan fingerprint density at radius 2 is 1.00 bits per heavy atom. The summed E-state index contributed by atoms with van der Waals surface area (Å²) < 4.78 is 2.37. The van der Waals surface area contributed by atoms with Gasteiger partial charge in [0.1, 0.15) is 5.82 Å². The van der Waals surface area contributed by atoms with E-state index in [4.69, 9.17) is 9.97 Å². The molecule has 0 fully saturated rings. The number of hydrogen-bond acceptors (Lipinski definition) is 2. The Labute approximate surface area is 283 Å². The Morgan fingerprint density at radius 3 is 1.82 bits per heavy atom. The molecule has 0 unspecified atom stereocenters. The molecular formula is C46H29N3. The van der Waals surface area contributed by atoms with Crippen molar-refractivity contribution >= 4 is 54.1 Å². The minimum Gasteiger partial charge on any atom is -0.293 e. The zero-order valence-electron chi connectivity index (χ0n) is 26.6. The minimum atomic E-state index is 0.690. The van der Waals surface area contributed by atoms with Crippen molar-refractivity contribution in [2.24, 2.45) is 0 Å². The average molecular weight is 624 g/mol. The van der Waals surface area contributed by atoms with Gasteiger partial charge in [0.15, 0.2) is 5.82 Å². The molecule has 8 aromatic carbocycles.